The van der Waals surface area contributed by atoms with E-state index in [-0.39, 0.29) is 17.5 Å². The summed E-state index contributed by atoms with van der Waals surface area (Å²) in [5, 5.41) is 11.7. The molecule has 6 heteroatoms. The van der Waals surface area contributed by atoms with Crippen molar-refractivity contribution in [1.29, 1.82) is 0 Å². The van der Waals surface area contributed by atoms with E-state index in [2.05, 4.69) is 15.5 Å². The normalized spacial score (nSPS) is 10.5. The summed E-state index contributed by atoms with van der Waals surface area (Å²) in [6.07, 6.45) is 0. The van der Waals surface area contributed by atoms with Gasteiger partial charge in [0.15, 0.2) is 0 Å². The lowest BCUT2D eigenvalue weighted by atomic mass is 10.1. The molecule has 0 radical (unpaired) electrons. The maximum atomic E-state index is 12.8. The Kier molecular flexibility index (Phi) is 5.40. The average molecular weight is 353 g/mol. The zero-order valence-electron chi connectivity index (χ0n) is 13.6. The van der Waals surface area contributed by atoms with Crippen LogP contribution in [0.5, 0.6) is 0 Å². The van der Waals surface area contributed by atoms with Crippen molar-refractivity contribution < 1.29 is 9.18 Å². The van der Waals surface area contributed by atoms with Gasteiger partial charge in [-0.25, -0.2) is 4.39 Å². The number of aryl methyl sites for hydroxylation is 1. The SMILES string of the molecule is Cc1ccc(-c2ccc(SCC(=O)Nc3ccc(F)cc3)nn2)cc1. The Bertz CT molecular complexity index is 849. The molecule has 1 amide bonds. The van der Waals surface area contributed by atoms with E-state index < -0.39 is 0 Å². The van der Waals surface area contributed by atoms with Gasteiger partial charge < -0.3 is 5.32 Å². The van der Waals surface area contributed by atoms with Crippen molar-refractivity contribution in [2.75, 3.05) is 11.1 Å². The van der Waals surface area contributed by atoms with E-state index in [1.165, 1.54) is 41.6 Å². The molecule has 4 nitrogen and oxygen atoms in total. The Balaban J connectivity index is 1.55. The maximum Gasteiger partial charge on any atom is 0.234 e. The maximum absolute atomic E-state index is 12.8. The number of rotatable bonds is 5. The summed E-state index contributed by atoms with van der Waals surface area (Å²) in [5.74, 6) is -0.312. The molecule has 0 unspecified atom stereocenters. The molecule has 0 aliphatic rings. The molecule has 126 valence electrons. The summed E-state index contributed by atoms with van der Waals surface area (Å²) in [6.45, 7) is 2.03. The molecule has 0 fully saturated rings. The lowest BCUT2D eigenvalue weighted by Gasteiger charge is -2.05. The van der Waals surface area contributed by atoms with Crippen LogP contribution in [-0.2, 0) is 4.79 Å². The molecule has 3 aromatic rings. The third-order valence-electron chi connectivity index (χ3n) is 3.47. The number of carbonyl (C=O) groups excluding carboxylic acids is 1. The minimum absolute atomic E-state index is 0.180. The number of benzene rings is 2. The lowest BCUT2D eigenvalue weighted by molar-refractivity contribution is -0.113. The number of hydrogen-bond donors (Lipinski definition) is 1. The van der Waals surface area contributed by atoms with Gasteiger partial charge in [0.25, 0.3) is 0 Å². The van der Waals surface area contributed by atoms with E-state index in [0.717, 1.165) is 11.3 Å². The van der Waals surface area contributed by atoms with E-state index in [1.807, 2.05) is 43.3 Å². The van der Waals surface area contributed by atoms with Crippen molar-refractivity contribution >= 4 is 23.4 Å². The summed E-state index contributed by atoms with van der Waals surface area (Å²) >= 11 is 1.30. The van der Waals surface area contributed by atoms with Crippen molar-refractivity contribution in [3.05, 3.63) is 72.0 Å². The molecule has 0 bridgehead atoms. The molecule has 3 rings (SSSR count). The summed E-state index contributed by atoms with van der Waals surface area (Å²) in [4.78, 5) is 11.9. The zero-order chi connectivity index (χ0) is 17.6. The van der Waals surface area contributed by atoms with Crippen LogP contribution in [0.15, 0.2) is 65.7 Å². The molecule has 0 spiro atoms. The van der Waals surface area contributed by atoms with Crippen molar-refractivity contribution in [3.63, 3.8) is 0 Å². The highest BCUT2D eigenvalue weighted by Crippen LogP contribution is 2.20. The zero-order valence-corrected chi connectivity index (χ0v) is 14.4. The lowest BCUT2D eigenvalue weighted by Crippen LogP contribution is -2.14. The standard InChI is InChI=1S/C19H16FN3OS/c1-13-2-4-14(5-3-13)17-10-11-19(23-22-17)25-12-18(24)21-16-8-6-15(20)7-9-16/h2-11H,12H2,1H3,(H,21,24). The van der Waals surface area contributed by atoms with Crippen LogP contribution in [0, 0.1) is 12.7 Å². The quantitative estimate of drug-likeness (QED) is 0.694. The van der Waals surface area contributed by atoms with E-state index in [4.69, 9.17) is 0 Å². The van der Waals surface area contributed by atoms with Gasteiger partial charge in [0.2, 0.25) is 5.91 Å². The second kappa shape index (κ2) is 7.90. The Labute approximate surface area is 149 Å². The van der Waals surface area contributed by atoms with Crippen molar-refractivity contribution in [3.8, 4) is 11.3 Å². The number of thioether (sulfide) groups is 1. The molecular weight excluding hydrogens is 337 g/mol. The minimum Gasteiger partial charge on any atom is -0.325 e. The monoisotopic (exact) mass is 353 g/mol. The number of amides is 1. The Morgan fingerprint density at radius 2 is 1.72 bits per heavy atom. The number of anilines is 1. The summed E-state index contributed by atoms with van der Waals surface area (Å²) in [5.41, 5.74) is 3.55. The Hall–Kier alpha value is -2.73. The second-order valence-corrected chi connectivity index (χ2v) is 6.46. The fraction of sp³-hybridized carbons (Fsp3) is 0.105. The average Bonchev–Trinajstić information content (AvgIpc) is 2.63. The Morgan fingerprint density at radius 1 is 1.00 bits per heavy atom. The van der Waals surface area contributed by atoms with E-state index in [9.17, 15) is 9.18 Å². The molecule has 25 heavy (non-hydrogen) atoms. The number of nitrogens with one attached hydrogen (secondary N) is 1. The van der Waals surface area contributed by atoms with E-state index in [1.54, 1.807) is 0 Å². The van der Waals surface area contributed by atoms with Crippen LogP contribution in [0.4, 0.5) is 10.1 Å². The van der Waals surface area contributed by atoms with Gasteiger partial charge in [-0.3, -0.25) is 4.79 Å². The minimum atomic E-state index is -0.337. The molecule has 0 saturated carbocycles. The molecular formula is C19H16FN3OS. The molecule has 0 saturated heterocycles. The predicted molar refractivity (Wildman–Crippen MR) is 98.0 cm³/mol. The van der Waals surface area contributed by atoms with Gasteiger partial charge in [-0.15, -0.1) is 10.2 Å². The topological polar surface area (TPSA) is 54.9 Å². The van der Waals surface area contributed by atoms with Crippen LogP contribution < -0.4 is 5.32 Å². The highest BCUT2D eigenvalue weighted by atomic mass is 32.2. The number of nitrogens with zero attached hydrogens (tertiary/aromatic N) is 2. The first-order chi connectivity index (χ1) is 12.1. The highest BCUT2D eigenvalue weighted by Gasteiger charge is 2.06. The molecule has 0 aliphatic carbocycles. The molecule has 2 aromatic carbocycles. The van der Waals surface area contributed by atoms with Crippen LogP contribution in [0.25, 0.3) is 11.3 Å². The van der Waals surface area contributed by atoms with Crippen LogP contribution >= 0.6 is 11.8 Å². The summed E-state index contributed by atoms with van der Waals surface area (Å²) in [7, 11) is 0. The van der Waals surface area contributed by atoms with Gasteiger partial charge in [0.1, 0.15) is 10.8 Å². The molecule has 0 aliphatic heterocycles. The molecule has 0 atom stereocenters. The van der Waals surface area contributed by atoms with Gasteiger partial charge in [-0.05, 0) is 43.3 Å². The van der Waals surface area contributed by atoms with Crippen molar-refractivity contribution in [1.82, 2.24) is 10.2 Å². The Morgan fingerprint density at radius 3 is 2.36 bits per heavy atom. The smallest absolute Gasteiger partial charge is 0.234 e. The number of hydrogen-bond acceptors (Lipinski definition) is 4. The first kappa shape index (κ1) is 17.1. The number of aromatic nitrogens is 2. The first-order valence-corrected chi connectivity index (χ1v) is 8.68. The van der Waals surface area contributed by atoms with Gasteiger partial charge in [0, 0.05) is 11.3 Å². The summed E-state index contributed by atoms with van der Waals surface area (Å²) in [6, 6.07) is 17.4. The third kappa shape index (κ3) is 4.87. The van der Waals surface area contributed by atoms with Gasteiger partial charge in [0.05, 0.1) is 11.4 Å². The third-order valence-corrected chi connectivity index (χ3v) is 4.39. The molecule has 1 heterocycles. The summed E-state index contributed by atoms with van der Waals surface area (Å²) < 4.78 is 12.8. The van der Waals surface area contributed by atoms with Gasteiger partial charge in [-0.1, -0.05) is 41.6 Å². The van der Waals surface area contributed by atoms with Crippen LogP contribution in [0.1, 0.15) is 5.56 Å². The predicted octanol–water partition coefficient (Wildman–Crippen LogP) is 4.32. The highest BCUT2D eigenvalue weighted by molar-refractivity contribution is 7.99. The fourth-order valence-electron chi connectivity index (χ4n) is 2.15. The van der Waals surface area contributed by atoms with Crippen LogP contribution in [0.3, 0.4) is 0 Å². The van der Waals surface area contributed by atoms with E-state index >= 15 is 0 Å². The molecule has 1 N–H and O–H groups in total. The fourth-order valence-corrected chi connectivity index (χ4v) is 2.76. The van der Waals surface area contributed by atoms with E-state index in [0.29, 0.717) is 10.7 Å². The van der Waals surface area contributed by atoms with Crippen LogP contribution in [0.2, 0.25) is 0 Å². The molecule has 1 aromatic heterocycles. The van der Waals surface area contributed by atoms with Crippen molar-refractivity contribution in [2.45, 2.75) is 11.9 Å². The van der Waals surface area contributed by atoms with Gasteiger partial charge >= 0.3 is 0 Å². The van der Waals surface area contributed by atoms with Crippen molar-refractivity contribution in [2.24, 2.45) is 0 Å². The second-order valence-electron chi connectivity index (χ2n) is 5.47. The van der Waals surface area contributed by atoms with Gasteiger partial charge in [-0.2, -0.15) is 0 Å². The number of carbonyl (C=O) groups is 1. The first-order valence-electron chi connectivity index (χ1n) is 7.69. The largest absolute Gasteiger partial charge is 0.325 e. The van der Waals surface area contributed by atoms with Crippen LogP contribution in [-0.4, -0.2) is 21.9 Å². The number of halogens is 1.